The van der Waals surface area contributed by atoms with E-state index in [1.807, 2.05) is 0 Å². The molecule has 0 aliphatic rings. The van der Waals surface area contributed by atoms with Crippen LogP contribution >= 0.6 is 11.6 Å². The van der Waals surface area contributed by atoms with Gasteiger partial charge in [0.15, 0.2) is 6.61 Å². The third-order valence-corrected chi connectivity index (χ3v) is 3.12. The summed E-state index contributed by atoms with van der Waals surface area (Å²) in [6.45, 7) is 2.83. The highest BCUT2D eigenvalue weighted by atomic mass is 35.5. The van der Waals surface area contributed by atoms with Gasteiger partial charge in [0.25, 0.3) is 0 Å². The van der Waals surface area contributed by atoms with Crippen LogP contribution < -0.4 is 4.74 Å². The van der Waals surface area contributed by atoms with Gasteiger partial charge in [-0.25, -0.2) is 0 Å². The number of halogens is 4. The molecule has 2 rings (SSSR count). The number of aromatic nitrogens is 1. The minimum Gasteiger partial charge on any atom is -0.484 e. The highest BCUT2D eigenvalue weighted by Crippen LogP contribution is 2.28. The molecule has 2 nitrogen and oxygen atoms in total. The second-order valence-corrected chi connectivity index (χ2v) is 5.68. The van der Waals surface area contributed by atoms with Crippen LogP contribution in [0, 0.1) is 5.92 Å². The Morgan fingerprint density at radius 3 is 2.57 bits per heavy atom. The van der Waals surface area contributed by atoms with Crippen molar-refractivity contribution in [2.45, 2.75) is 26.4 Å². The maximum atomic E-state index is 12.1. The molecule has 1 heterocycles. The lowest BCUT2D eigenvalue weighted by Gasteiger charge is -2.11. The number of benzene rings is 1. The molecule has 6 heteroatoms. The van der Waals surface area contributed by atoms with E-state index in [-0.39, 0.29) is 5.75 Å². The van der Waals surface area contributed by atoms with Crippen LogP contribution in [0.5, 0.6) is 5.75 Å². The Morgan fingerprint density at radius 2 is 1.95 bits per heavy atom. The molecular formula is C15H15ClF3NO. The number of pyridine rings is 1. The third-order valence-electron chi connectivity index (χ3n) is 2.80. The predicted molar refractivity (Wildman–Crippen MR) is 76.8 cm³/mol. The molecule has 0 amide bonds. The SMILES string of the molecule is CC(C)Cc1cc(Cl)c2cc(OCC(F)(F)F)ccc2n1. The smallest absolute Gasteiger partial charge is 0.422 e. The molecule has 114 valence electrons. The van der Waals surface area contributed by atoms with Gasteiger partial charge in [0.2, 0.25) is 0 Å². The Morgan fingerprint density at radius 1 is 1.24 bits per heavy atom. The lowest BCUT2D eigenvalue weighted by Crippen LogP contribution is -2.19. The van der Waals surface area contributed by atoms with E-state index in [9.17, 15) is 13.2 Å². The second-order valence-electron chi connectivity index (χ2n) is 5.28. The van der Waals surface area contributed by atoms with E-state index >= 15 is 0 Å². The number of ether oxygens (including phenoxy) is 1. The summed E-state index contributed by atoms with van der Waals surface area (Å²) in [4.78, 5) is 4.46. The van der Waals surface area contributed by atoms with Gasteiger partial charge in [0, 0.05) is 11.1 Å². The summed E-state index contributed by atoms with van der Waals surface area (Å²) >= 11 is 6.19. The number of fused-ring (bicyclic) bond motifs is 1. The minimum absolute atomic E-state index is 0.125. The molecule has 0 radical (unpaired) electrons. The molecular weight excluding hydrogens is 303 g/mol. The summed E-state index contributed by atoms with van der Waals surface area (Å²) in [5.74, 6) is 0.570. The van der Waals surface area contributed by atoms with Gasteiger partial charge in [-0.1, -0.05) is 25.4 Å². The first-order chi connectivity index (χ1) is 9.74. The lowest BCUT2D eigenvalue weighted by atomic mass is 10.1. The Balaban J connectivity index is 2.29. The van der Waals surface area contributed by atoms with Gasteiger partial charge in [-0.15, -0.1) is 0 Å². The molecule has 21 heavy (non-hydrogen) atoms. The third kappa shape index (κ3) is 4.49. The molecule has 0 saturated carbocycles. The summed E-state index contributed by atoms with van der Waals surface area (Å²) in [6, 6.07) is 6.32. The quantitative estimate of drug-likeness (QED) is 0.789. The monoisotopic (exact) mass is 317 g/mol. The molecule has 0 N–H and O–H groups in total. The van der Waals surface area contributed by atoms with Crippen molar-refractivity contribution in [3.8, 4) is 5.75 Å². The fourth-order valence-corrected chi connectivity index (χ4v) is 2.27. The largest absolute Gasteiger partial charge is 0.484 e. The Bertz CT molecular complexity index is 641. The molecule has 0 atom stereocenters. The summed E-state index contributed by atoms with van der Waals surface area (Å²) in [7, 11) is 0. The van der Waals surface area contributed by atoms with Crippen molar-refractivity contribution in [2.24, 2.45) is 5.92 Å². The van der Waals surface area contributed by atoms with Gasteiger partial charge in [-0.05, 0) is 36.6 Å². The van der Waals surface area contributed by atoms with Crippen LogP contribution in [0.4, 0.5) is 13.2 Å². The first kappa shape index (κ1) is 15.9. The number of hydrogen-bond acceptors (Lipinski definition) is 2. The van der Waals surface area contributed by atoms with E-state index in [1.54, 1.807) is 12.1 Å². The molecule has 2 aromatic rings. The van der Waals surface area contributed by atoms with Crippen LogP contribution in [0.25, 0.3) is 10.9 Å². The molecule has 0 unspecified atom stereocenters. The standard InChI is InChI=1S/C15H15ClF3NO/c1-9(2)5-10-6-13(16)12-7-11(3-4-14(12)20-10)21-8-15(17,18)19/h3-4,6-7,9H,5,8H2,1-2H3. The Kier molecular flexibility index (Phi) is 4.61. The van der Waals surface area contributed by atoms with Crippen molar-refractivity contribution < 1.29 is 17.9 Å². The summed E-state index contributed by atoms with van der Waals surface area (Å²) in [5.41, 5.74) is 1.52. The van der Waals surface area contributed by atoms with E-state index in [0.29, 0.717) is 21.8 Å². The maximum Gasteiger partial charge on any atom is 0.422 e. The first-order valence-electron chi connectivity index (χ1n) is 6.53. The summed E-state index contributed by atoms with van der Waals surface area (Å²) in [6.07, 6.45) is -3.57. The van der Waals surface area contributed by atoms with E-state index in [2.05, 4.69) is 18.8 Å². The van der Waals surface area contributed by atoms with Crippen LogP contribution in [0.15, 0.2) is 24.3 Å². The number of hydrogen-bond donors (Lipinski definition) is 0. The van der Waals surface area contributed by atoms with Crippen molar-refractivity contribution in [2.75, 3.05) is 6.61 Å². The van der Waals surface area contributed by atoms with Crippen LogP contribution in [0.1, 0.15) is 19.5 Å². The molecule has 0 spiro atoms. The average Bonchev–Trinajstić information content (AvgIpc) is 2.35. The van der Waals surface area contributed by atoms with Crippen LogP contribution in [-0.4, -0.2) is 17.8 Å². The molecule has 0 aliphatic carbocycles. The van der Waals surface area contributed by atoms with Gasteiger partial charge in [-0.3, -0.25) is 4.98 Å². The fourth-order valence-electron chi connectivity index (χ4n) is 1.99. The van der Waals surface area contributed by atoms with Gasteiger partial charge < -0.3 is 4.74 Å². The van der Waals surface area contributed by atoms with Crippen LogP contribution in [0.3, 0.4) is 0 Å². The first-order valence-corrected chi connectivity index (χ1v) is 6.91. The zero-order valence-corrected chi connectivity index (χ0v) is 12.4. The minimum atomic E-state index is -4.36. The fraction of sp³-hybridized carbons (Fsp3) is 0.400. The summed E-state index contributed by atoms with van der Waals surface area (Å²) < 4.78 is 41.2. The zero-order valence-electron chi connectivity index (χ0n) is 11.7. The zero-order chi connectivity index (χ0) is 15.6. The van der Waals surface area contributed by atoms with Crippen LogP contribution in [-0.2, 0) is 6.42 Å². The Labute approximate surface area is 125 Å². The molecule has 1 aromatic heterocycles. The molecule has 0 bridgehead atoms. The highest BCUT2D eigenvalue weighted by Gasteiger charge is 2.28. The van der Waals surface area contributed by atoms with Gasteiger partial charge in [-0.2, -0.15) is 13.2 Å². The number of alkyl halides is 3. The van der Waals surface area contributed by atoms with Crippen molar-refractivity contribution in [3.05, 3.63) is 35.0 Å². The molecule has 0 fully saturated rings. The van der Waals surface area contributed by atoms with E-state index < -0.39 is 12.8 Å². The van der Waals surface area contributed by atoms with Crippen molar-refractivity contribution >= 4 is 22.5 Å². The summed E-state index contributed by atoms with van der Waals surface area (Å²) in [5, 5.41) is 1.05. The van der Waals surface area contributed by atoms with Crippen LogP contribution in [0.2, 0.25) is 5.02 Å². The van der Waals surface area contributed by atoms with E-state index in [0.717, 1.165) is 12.1 Å². The average molecular weight is 318 g/mol. The number of nitrogens with zero attached hydrogens (tertiary/aromatic N) is 1. The molecule has 1 aromatic carbocycles. The van der Waals surface area contributed by atoms with Gasteiger partial charge in [0.05, 0.1) is 10.5 Å². The maximum absolute atomic E-state index is 12.1. The van der Waals surface area contributed by atoms with Gasteiger partial charge in [0.1, 0.15) is 5.75 Å². The molecule has 0 saturated heterocycles. The van der Waals surface area contributed by atoms with Crippen molar-refractivity contribution in [1.29, 1.82) is 0 Å². The van der Waals surface area contributed by atoms with E-state index in [4.69, 9.17) is 16.3 Å². The Hall–Kier alpha value is -1.49. The van der Waals surface area contributed by atoms with E-state index in [1.165, 1.54) is 12.1 Å². The van der Waals surface area contributed by atoms with Crippen molar-refractivity contribution in [3.63, 3.8) is 0 Å². The highest BCUT2D eigenvalue weighted by molar-refractivity contribution is 6.35. The normalized spacial score (nSPS) is 12.1. The number of rotatable bonds is 4. The topological polar surface area (TPSA) is 22.1 Å². The van der Waals surface area contributed by atoms with Crippen molar-refractivity contribution in [1.82, 2.24) is 4.98 Å². The van der Waals surface area contributed by atoms with Gasteiger partial charge >= 0.3 is 6.18 Å². The predicted octanol–water partition coefficient (Wildman–Crippen LogP) is 5.03. The molecule has 0 aliphatic heterocycles. The second kappa shape index (κ2) is 6.10. The lowest BCUT2D eigenvalue weighted by molar-refractivity contribution is -0.153.